The normalized spacial score (nSPS) is 16.7. The first kappa shape index (κ1) is 22.2. The van der Waals surface area contributed by atoms with E-state index in [4.69, 9.17) is 4.74 Å². The number of imide groups is 1. The van der Waals surface area contributed by atoms with E-state index in [-0.39, 0.29) is 24.7 Å². The van der Waals surface area contributed by atoms with E-state index < -0.39 is 48.1 Å². The molecule has 11 heteroatoms. The fraction of sp³-hybridized carbons (Fsp3) is 0.444. The highest BCUT2D eigenvalue weighted by atomic mass is 19.4. The number of rotatable bonds is 5. The molecule has 0 spiro atoms. The van der Waals surface area contributed by atoms with Crippen LogP contribution in [-0.4, -0.2) is 43.0 Å². The highest BCUT2D eigenvalue weighted by molar-refractivity contribution is 6.00. The van der Waals surface area contributed by atoms with Crippen molar-refractivity contribution in [1.29, 1.82) is 0 Å². The number of nitrogens with zero attached hydrogens (tertiary/aromatic N) is 1. The number of benzene rings is 1. The van der Waals surface area contributed by atoms with Gasteiger partial charge in [0.2, 0.25) is 5.91 Å². The molecule has 0 saturated carbocycles. The lowest BCUT2D eigenvalue weighted by molar-refractivity contribution is -0.152. The highest BCUT2D eigenvalue weighted by Gasteiger charge is 2.37. The second kappa shape index (κ2) is 8.93. The van der Waals surface area contributed by atoms with E-state index >= 15 is 0 Å². The molecule has 0 aromatic heterocycles. The molecule has 0 bridgehead atoms. The molecule has 158 valence electrons. The third-order valence-electron chi connectivity index (χ3n) is 3.96. The van der Waals surface area contributed by atoms with Crippen molar-refractivity contribution in [2.24, 2.45) is 5.92 Å². The minimum absolute atomic E-state index is 0.0169. The largest absolute Gasteiger partial charge is 0.455 e. The Morgan fingerprint density at radius 2 is 1.97 bits per heavy atom. The smallest absolute Gasteiger partial charge is 0.416 e. The lowest BCUT2D eigenvalue weighted by Crippen LogP contribution is -2.44. The Bertz CT molecular complexity index is 810. The van der Waals surface area contributed by atoms with E-state index in [0.717, 1.165) is 17.0 Å². The Morgan fingerprint density at radius 3 is 2.59 bits per heavy atom. The Hall–Kier alpha value is -3.11. The first-order valence-electron chi connectivity index (χ1n) is 8.72. The van der Waals surface area contributed by atoms with Gasteiger partial charge in [-0.1, -0.05) is 6.07 Å². The highest BCUT2D eigenvalue weighted by Crippen LogP contribution is 2.33. The number of halogens is 3. The SMILES string of the molecule is CC(C)NC(=O)NC(=O)COC(=O)[C@@H]1CC(=O)N(c2cccc(C(F)(F)F)c2)C1. The van der Waals surface area contributed by atoms with Gasteiger partial charge in [0, 0.05) is 24.7 Å². The third-order valence-corrected chi connectivity index (χ3v) is 3.96. The Kier molecular flexibility index (Phi) is 6.83. The summed E-state index contributed by atoms with van der Waals surface area (Å²) in [7, 11) is 0. The number of nitrogens with one attached hydrogen (secondary N) is 2. The molecule has 2 N–H and O–H groups in total. The van der Waals surface area contributed by atoms with Crippen LogP contribution in [0.3, 0.4) is 0 Å². The quantitative estimate of drug-likeness (QED) is 0.714. The van der Waals surface area contributed by atoms with E-state index in [1.165, 1.54) is 12.1 Å². The number of carbonyl (C=O) groups is 4. The maximum Gasteiger partial charge on any atom is 0.416 e. The van der Waals surface area contributed by atoms with E-state index in [9.17, 15) is 32.3 Å². The average Bonchev–Trinajstić information content (AvgIpc) is 3.00. The molecule has 0 radical (unpaired) electrons. The lowest BCUT2D eigenvalue weighted by atomic mass is 10.1. The van der Waals surface area contributed by atoms with E-state index in [1.54, 1.807) is 13.8 Å². The van der Waals surface area contributed by atoms with Gasteiger partial charge in [0.1, 0.15) is 0 Å². The Labute approximate surface area is 164 Å². The van der Waals surface area contributed by atoms with Gasteiger partial charge in [0.25, 0.3) is 5.91 Å². The van der Waals surface area contributed by atoms with Crippen LogP contribution in [-0.2, 0) is 25.3 Å². The second-order valence-corrected chi connectivity index (χ2v) is 6.74. The summed E-state index contributed by atoms with van der Waals surface area (Å²) in [4.78, 5) is 48.3. The predicted octanol–water partition coefficient (Wildman–Crippen LogP) is 1.84. The van der Waals surface area contributed by atoms with Gasteiger partial charge in [-0.2, -0.15) is 13.2 Å². The number of hydrogen-bond donors (Lipinski definition) is 2. The topological polar surface area (TPSA) is 105 Å². The van der Waals surface area contributed by atoms with Gasteiger partial charge in [-0.15, -0.1) is 0 Å². The Morgan fingerprint density at radius 1 is 1.28 bits per heavy atom. The molecule has 1 saturated heterocycles. The fourth-order valence-electron chi connectivity index (χ4n) is 2.68. The van der Waals surface area contributed by atoms with Gasteiger partial charge in [-0.05, 0) is 32.0 Å². The minimum atomic E-state index is -4.56. The Balaban J connectivity index is 1.92. The van der Waals surface area contributed by atoms with Crippen molar-refractivity contribution in [3.05, 3.63) is 29.8 Å². The zero-order valence-corrected chi connectivity index (χ0v) is 15.7. The van der Waals surface area contributed by atoms with Gasteiger partial charge >= 0.3 is 18.2 Å². The van der Waals surface area contributed by atoms with Crippen LogP contribution in [0, 0.1) is 5.92 Å². The first-order chi connectivity index (χ1) is 13.5. The van der Waals surface area contributed by atoms with Crippen molar-refractivity contribution >= 4 is 29.5 Å². The van der Waals surface area contributed by atoms with Crippen molar-refractivity contribution in [1.82, 2.24) is 10.6 Å². The molecule has 8 nitrogen and oxygen atoms in total. The predicted molar refractivity (Wildman–Crippen MR) is 94.7 cm³/mol. The average molecular weight is 415 g/mol. The van der Waals surface area contributed by atoms with Crippen LogP contribution in [0.4, 0.5) is 23.7 Å². The van der Waals surface area contributed by atoms with Gasteiger partial charge in [0.15, 0.2) is 6.61 Å². The first-order valence-corrected chi connectivity index (χ1v) is 8.72. The minimum Gasteiger partial charge on any atom is -0.455 e. The molecule has 0 unspecified atom stereocenters. The summed E-state index contributed by atoms with van der Waals surface area (Å²) in [6.45, 7) is 2.49. The molecular formula is C18H20F3N3O5. The lowest BCUT2D eigenvalue weighted by Gasteiger charge is -2.18. The summed E-state index contributed by atoms with van der Waals surface area (Å²) < 4.78 is 43.4. The van der Waals surface area contributed by atoms with Crippen molar-refractivity contribution in [3.63, 3.8) is 0 Å². The van der Waals surface area contributed by atoms with E-state index in [1.807, 2.05) is 5.32 Å². The van der Waals surface area contributed by atoms with E-state index in [0.29, 0.717) is 0 Å². The number of alkyl halides is 3. The number of ether oxygens (including phenoxy) is 1. The number of esters is 1. The molecular weight excluding hydrogens is 395 g/mol. The van der Waals surface area contributed by atoms with Crippen LogP contribution in [0.2, 0.25) is 0 Å². The zero-order valence-electron chi connectivity index (χ0n) is 15.7. The van der Waals surface area contributed by atoms with Crippen LogP contribution in [0.1, 0.15) is 25.8 Å². The van der Waals surface area contributed by atoms with Crippen LogP contribution in [0.15, 0.2) is 24.3 Å². The van der Waals surface area contributed by atoms with Gasteiger partial charge in [-0.3, -0.25) is 19.7 Å². The fourth-order valence-corrected chi connectivity index (χ4v) is 2.68. The zero-order chi connectivity index (χ0) is 21.8. The van der Waals surface area contributed by atoms with Crippen LogP contribution in [0.25, 0.3) is 0 Å². The summed E-state index contributed by atoms with van der Waals surface area (Å²) in [6.07, 6.45) is -4.82. The third kappa shape index (κ3) is 6.19. The maximum absolute atomic E-state index is 12.8. The van der Waals surface area contributed by atoms with Gasteiger partial charge in [0.05, 0.1) is 11.5 Å². The number of amides is 4. The molecule has 29 heavy (non-hydrogen) atoms. The molecule has 1 aromatic carbocycles. The molecule has 0 aliphatic carbocycles. The van der Waals surface area contributed by atoms with Crippen molar-refractivity contribution < 1.29 is 37.1 Å². The monoisotopic (exact) mass is 415 g/mol. The van der Waals surface area contributed by atoms with Crippen LogP contribution in [0.5, 0.6) is 0 Å². The molecule has 1 atom stereocenters. The molecule has 1 fully saturated rings. The van der Waals surface area contributed by atoms with Crippen LogP contribution >= 0.6 is 0 Å². The van der Waals surface area contributed by atoms with Crippen molar-refractivity contribution in [3.8, 4) is 0 Å². The summed E-state index contributed by atoms with van der Waals surface area (Å²) >= 11 is 0. The second-order valence-electron chi connectivity index (χ2n) is 6.74. The molecule has 2 rings (SSSR count). The van der Waals surface area contributed by atoms with Gasteiger partial charge < -0.3 is 15.0 Å². The summed E-state index contributed by atoms with van der Waals surface area (Å²) in [6, 6.07) is 3.27. The molecule has 4 amide bonds. The van der Waals surface area contributed by atoms with Crippen LogP contribution < -0.4 is 15.5 Å². The summed E-state index contributed by atoms with van der Waals surface area (Å²) in [5, 5.41) is 4.39. The van der Waals surface area contributed by atoms with Gasteiger partial charge in [-0.25, -0.2) is 4.79 Å². The standard InChI is InChI=1S/C18H20F3N3O5/c1-10(2)22-17(28)23-14(25)9-29-16(27)11-6-15(26)24(8-11)13-5-3-4-12(7-13)18(19,20)21/h3-5,7,10-11H,6,8-9H2,1-2H3,(H2,22,23,25,28)/t11-/m1/s1. The number of carbonyl (C=O) groups excluding carboxylic acids is 4. The van der Waals surface area contributed by atoms with Crippen molar-refractivity contribution in [2.45, 2.75) is 32.5 Å². The van der Waals surface area contributed by atoms with E-state index in [2.05, 4.69) is 5.32 Å². The number of anilines is 1. The summed E-state index contributed by atoms with van der Waals surface area (Å²) in [5.74, 6) is -3.18. The molecule has 1 aromatic rings. The number of hydrogen-bond acceptors (Lipinski definition) is 5. The molecule has 1 heterocycles. The maximum atomic E-state index is 12.8. The molecule has 1 aliphatic heterocycles. The summed E-state index contributed by atoms with van der Waals surface area (Å²) in [5.41, 5.74) is -0.895. The molecule has 1 aliphatic rings. The van der Waals surface area contributed by atoms with Crippen molar-refractivity contribution in [2.75, 3.05) is 18.1 Å². The number of urea groups is 1.